The number of rotatable bonds is 6. The van der Waals surface area contributed by atoms with Gasteiger partial charge in [0.25, 0.3) is 5.56 Å². The van der Waals surface area contributed by atoms with E-state index in [2.05, 4.69) is 4.98 Å². The molecule has 166 valence electrons. The fourth-order valence-corrected chi connectivity index (χ4v) is 3.73. The van der Waals surface area contributed by atoms with Crippen molar-refractivity contribution in [3.05, 3.63) is 50.1 Å². The Kier molecular flexibility index (Phi) is 6.03. The lowest BCUT2D eigenvalue weighted by Crippen LogP contribution is -2.39. The number of hydrogen-bond donors (Lipinski definition) is 1. The van der Waals surface area contributed by atoms with Crippen LogP contribution in [0.5, 0.6) is 5.75 Å². The minimum absolute atomic E-state index is 0.00986. The molecule has 1 aliphatic rings. The quantitative estimate of drug-likeness (QED) is 0.579. The van der Waals surface area contributed by atoms with Crippen LogP contribution in [0.4, 0.5) is 5.95 Å². The molecule has 0 aliphatic carbocycles. The van der Waals surface area contributed by atoms with Crippen LogP contribution in [0.3, 0.4) is 0 Å². The number of fused-ring (bicyclic) bond motifs is 1. The van der Waals surface area contributed by atoms with Crippen molar-refractivity contribution < 1.29 is 14.6 Å². The third-order valence-corrected chi connectivity index (χ3v) is 5.52. The maximum atomic E-state index is 12.9. The summed E-state index contributed by atoms with van der Waals surface area (Å²) in [6, 6.07) is 6.83. The van der Waals surface area contributed by atoms with Gasteiger partial charge in [0.1, 0.15) is 18.5 Å². The second-order valence-electron chi connectivity index (χ2n) is 7.42. The molecule has 1 atom stereocenters. The molecule has 10 nitrogen and oxygen atoms in total. The largest absolute Gasteiger partial charge is 0.491 e. The van der Waals surface area contributed by atoms with E-state index in [-0.39, 0.29) is 24.3 Å². The first kappa shape index (κ1) is 21.4. The highest BCUT2D eigenvalue weighted by Crippen LogP contribution is 2.22. The average Bonchev–Trinajstić information content (AvgIpc) is 3.15. The Morgan fingerprint density at radius 2 is 1.84 bits per heavy atom. The first-order valence-corrected chi connectivity index (χ1v) is 10.3. The zero-order valence-electron chi connectivity index (χ0n) is 17.3. The molecule has 1 unspecified atom stereocenters. The SMILES string of the molecule is Cn1c(=O)c2c(nc(N3CCOCC3)n2CC(O)COc2ccc(Cl)cc2)n(C)c1=O. The molecule has 1 aliphatic heterocycles. The first-order chi connectivity index (χ1) is 14.9. The lowest BCUT2D eigenvalue weighted by atomic mass is 10.3. The molecule has 2 aromatic heterocycles. The van der Waals surface area contributed by atoms with Crippen LogP contribution in [-0.4, -0.2) is 62.8 Å². The van der Waals surface area contributed by atoms with E-state index in [1.54, 1.807) is 35.9 Å². The minimum Gasteiger partial charge on any atom is -0.491 e. The van der Waals surface area contributed by atoms with Gasteiger partial charge < -0.3 is 24.0 Å². The highest BCUT2D eigenvalue weighted by atomic mass is 35.5. The van der Waals surface area contributed by atoms with Crippen molar-refractivity contribution in [1.82, 2.24) is 18.7 Å². The number of anilines is 1. The van der Waals surface area contributed by atoms with Gasteiger partial charge in [0, 0.05) is 32.2 Å². The van der Waals surface area contributed by atoms with Gasteiger partial charge in [-0.15, -0.1) is 0 Å². The van der Waals surface area contributed by atoms with Crippen molar-refractivity contribution in [3.63, 3.8) is 0 Å². The minimum atomic E-state index is -0.921. The third kappa shape index (κ3) is 4.18. The number of benzene rings is 1. The molecule has 0 bridgehead atoms. The van der Waals surface area contributed by atoms with Gasteiger partial charge in [0.15, 0.2) is 11.2 Å². The van der Waals surface area contributed by atoms with E-state index in [4.69, 9.17) is 21.1 Å². The predicted molar refractivity (Wildman–Crippen MR) is 116 cm³/mol. The molecular formula is C20H24ClN5O5. The highest BCUT2D eigenvalue weighted by molar-refractivity contribution is 6.30. The van der Waals surface area contributed by atoms with Gasteiger partial charge in [-0.05, 0) is 24.3 Å². The summed E-state index contributed by atoms with van der Waals surface area (Å²) in [7, 11) is 3.00. The Bertz CT molecular complexity index is 1190. The molecule has 3 heterocycles. The van der Waals surface area contributed by atoms with Crippen LogP contribution in [0.2, 0.25) is 5.02 Å². The molecule has 3 aromatic rings. The van der Waals surface area contributed by atoms with Crippen LogP contribution in [0.1, 0.15) is 0 Å². The Hall–Kier alpha value is -2.82. The molecule has 1 fully saturated rings. The molecular weight excluding hydrogens is 426 g/mol. The molecule has 4 rings (SSSR count). The summed E-state index contributed by atoms with van der Waals surface area (Å²) >= 11 is 5.88. The summed E-state index contributed by atoms with van der Waals surface area (Å²) in [6.07, 6.45) is -0.921. The summed E-state index contributed by atoms with van der Waals surface area (Å²) in [6.45, 7) is 2.33. The van der Waals surface area contributed by atoms with E-state index in [1.165, 1.54) is 11.6 Å². The number of halogens is 1. The fraction of sp³-hybridized carbons (Fsp3) is 0.450. The normalized spacial score (nSPS) is 15.4. The summed E-state index contributed by atoms with van der Waals surface area (Å²) in [5, 5.41) is 11.3. The van der Waals surface area contributed by atoms with Crippen molar-refractivity contribution in [3.8, 4) is 5.75 Å². The number of aliphatic hydroxyl groups excluding tert-OH is 1. The fourth-order valence-electron chi connectivity index (χ4n) is 3.60. The van der Waals surface area contributed by atoms with Crippen LogP contribution >= 0.6 is 11.6 Å². The third-order valence-electron chi connectivity index (χ3n) is 5.27. The number of nitrogens with zero attached hydrogens (tertiary/aromatic N) is 5. The van der Waals surface area contributed by atoms with Crippen molar-refractivity contribution in [2.24, 2.45) is 14.1 Å². The summed E-state index contributed by atoms with van der Waals surface area (Å²) in [5.41, 5.74) is -0.379. The van der Waals surface area contributed by atoms with Crippen molar-refractivity contribution in [1.29, 1.82) is 0 Å². The number of aromatic nitrogens is 4. The van der Waals surface area contributed by atoms with E-state index in [0.717, 1.165) is 4.57 Å². The molecule has 1 aromatic carbocycles. The maximum Gasteiger partial charge on any atom is 0.332 e. The number of aryl methyl sites for hydroxylation is 1. The first-order valence-electron chi connectivity index (χ1n) is 9.92. The Labute approximate surface area is 182 Å². The second kappa shape index (κ2) is 8.74. The van der Waals surface area contributed by atoms with Crippen molar-refractivity contribution >= 4 is 28.7 Å². The zero-order valence-corrected chi connectivity index (χ0v) is 18.1. The van der Waals surface area contributed by atoms with Gasteiger partial charge >= 0.3 is 5.69 Å². The van der Waals surface area contributed by atoms with Crippen molar-refractivity contribution in [2.45, 2.75) is 12.6 Å². The molecule has 0 saturated carbocycles. The van der Waals surface area contributed by atoms with Gasteiger partial charge in [-0.25, -0.2) is 4.79 Å². The Balaban J connectivity index is 1.69. The van der Waals surface area contributed by atoms with E-state index in [9.17, 15) is 14.7 Å². The molecule has 0 spiro atoms. The standard InChI is InChI=1S/C20H24ClN5O5/c1-23-17-16(18(28)24(2)20(23)29)26(19(22-17)25-7-9-30-10-8-25)11-14(27)12-31-15-5-3-13(21)4-6-15/h3-6,14,27H,7-12H2,1-2H3. The van der Waals surface area contributed by atoms with Crippen LogP contribution in [-0.2, 0) is 25.4 Å². The lowest BCUT2D eigenvalue weighted by Gasteiger charge is -2.28. The Morgan fingerprint density at radius 1 is 1.16 bits per heavy atom. The summed E-state index contributed by atoms with van der Waals surface area (Å²) in [4.78, 5) is 31.9. The number of hydrogen-bond acceptors (Lipinski definition) is 7. The van der Waals surface area contributed by atoms with Crippen molar-refractivity contribution in [2.75, 3.05) is 37.8 Å². The van der Waals surface area contributed by atoms with Crippen LogP contribution in [0, 0.1) is 0 Å². The molecule has 11 heteroatoms. The smallest absolute Gasteiger partial charge is 0.332 e. The summed E-state index contributed by atoms with van der Waals surface area (Å²) in [5.74, 6) is 1.09. The molecule has 0 radical (unpaired) electrons. The van der Waals surface area contributed by atoms with Gasteiger partial charge in [0.05, 0.1) is 19.8 Å². The van der Waals surface area contributed by atoms with E-state index >= 15 is 0 Å². The van der Waals surface area contributed by atoms with Crippen LogP contribution in [0.15, 0.2) is 33.9 Å². The van der Waals surface area contributed by atoms with Crippen LogP contribution in [0.25, 0.3) is 11.2 Å². The monoisotopic (exact) mass is 449 g/mol. The molecule has 1 N–H and O–H groups in total. The molecule has 31 heavy (non-hydrogen) atoms. The van der Waals surface area contributed by atoms with E-state index in [0.29, 0.717) is 43.0 Å². The van der Waals surface area contributed by atoms with Gasteiger partial charge in [0.2, 0.25) is 5.95 Å². The van der Waals surface area contributed by atoms with Gasteiger partial charge in [-0.3, -0.25) is 13.9 Å². The van der Waals surface area contributed by atoms with Gasteiger partial charge in [-0.2, -0.15) is 4.98 Å². The molecule has 0 amide bonds. The number of aliphatic hydroxyl groups is 1. The van der Waals surface area contributed by atoms with Crippen LogP contribution < -0.4 is 20.9 Å². The second-order valence-corrected chi connectivity index (χ2v) is 7.85. The van der Waals surface area contributed by atoms with E-state index in [1.807, 2.05) is 4.90 Å². The predicted octanol–water partition coefficient (Wildman–Crippen LogP) is 0.364. The number of morpholine rings is 1. The number of imidazole rings is 1. The topological polar surface area (TPSA) is 104 Å². The maximum absolute atomic E-state index is 12.9. The highest BCUT2D eigenvalue weighted by Gasteiger charge is 2.25. The summed E-state index contributed by atoms with van der Waals surface area (Å²) < 4.78 is 15.1. The Morgan fingerprint density at radius 3 is 2.52 bits per heavy atom. The van der Waals surface area contributed by atoms with Gasteiger partial charge in [-0.1, -0.05) is 11.6 Å². The average molecular weight is 450 g/mol. The molecule has 1 saturated heterocycles. The zero-order chi connectivity index (χ0) is 22.1. The number of ether oxygens (including phenoxy) is 2. The lowest BCUT2D eigenvalue weighted by molar-refractivity contribution is 0.0927. The van der Waals surface area contributed by atoms with E-state index < -0.39 is 17.4 Å².